The van der Waals surface area contributed by atoms with Crippen molar-refractivity contribution in [1.82, 2.24) is 21.2 Å². The summed E-state index contributed by atoms with van der Waals surface area (Å²) < 4.78 is 25.8. The SMILES string of the molecule is O=S(=O)(NCB(O)O)c1ccc(C2=NNNN2)cc1Cl. The van der Waals surface area contributed by atoms with Crippen molar-refractivity contribution in [1.29, 1.82) is 0 Å². The minimum Gasteiger partial charge on any atom is -0.426 e. The van der Waals surface area contributed by atoms with E-state index in [1.807, 2.05) is 4.72 Å². The van der Waals surface area contributed by atoms with Gasteiger partial charge in [-0.1, -0.05) is 11.6 Å². The summed E-state index contributed by atoms with van der Waals surface area (Å²) in [7, 11) is -5.70. The third-order valence-corrected chi connectivity index (χ3v) is 4.26. The molecule has 0 unspecified atom stereocenters. The van der Waals surface area contributed by atoms with Crippen molar-refractivity contribution in [3.05, 3.63) is 28.8 Å². The number of hydrazine groups is 2. The maximum absolute atomic E-state index is 11.9. The number of hydrogen-bond donors (Lipinski definition) is 6. The number of nitrogens with zero attached hydrogens (tertiary/aromatic N) is 1. The van der Waals surface area contributed by atoms with E-state index in [1.165, 1.54) is 18.2 Å². The van der Waals surface area contributed by atoms with Gasteiger partial charge in [-0.2, -0.15) is 0 Å². The Bertz CT molecular complexity index is 638. The summed E-state index contributed by atoms with van der Waals surface area (Å²) in [5.74, 6) is 0.453. The zero-order valence-electron chi connectivity index (χ0n) is 9.96. The standard InChI is InChI=1S/C8H11BClN5O4S/c10-6-3-5(8-12-14-15-13-8)1-2-7(6)20(18,19)11-4-9(16)17/h1-3,11,14-17H,4H2,(H,12,13). The van der Waals surface area contributed by atoms with Crippen molar-refractivity contribution in [2.75, 3.05) is 6.44 Å². The first-order chi connectivity index (χ1) is 9.40. The quantitative estimate of drug-likeness (QED) is 0.342. The van der Waals surface area contributed by atoms with Gasteiger partial charge in [0.15, 0.2) is 5.84 Å². The molecule has 2 rings (SSSR count). The fraction of sp³-hybridized carbons (Fsp3) is 0.125. The normalized spacial score (nSPS) is 14.4. The molecule has 0 saturated carbocycles. The molecule has 0 radical (unpaired) electrons. The van der Waals surface area contributed by atoms with Gasteiger partial charge < -0.3 is 10.0 Å². The Hall–Kier alpha value is -1.37. The average Bonchev–Trinajstić information content (AvgIpc) is 2.90. The second-order valence-electron chi connectivity index (χ2n) is 3.80. The highest BCUT2D eigenvalue weighted by molar-refractivity contribution is 7.89. The van der Waals surface area contributed by atoms with Crippen LogP contribution in [0.25, 0.3) is 0 Å². The molecule has 0 spiro atoms. The fourth-order valence-electron chi connectivity index (χ4n) is 1.46. The molecule has 0 aliphatic carbocycles. The van der Waals surface area contributed by atoms with Gasteiger partial charge in [-0.3, -0.25) is 5.43 Å². The number of sulfonamides is 1. The molecule has 0 fully saturated rings. The largest absolute Gasteiger partial charge is 0.467 e. The molecular formula is C8H11BClN5O4S. The Labute approximate surface area is 120 Å². The van der Waals surface area contributed by atoms with E-state index in [-0.39, 0.29) is 9.92 Å². The Morgan fingerprint density at radius 1 is 1.40 bits per heavy atom. The lowest BCUT2D eigenvalue weighted by molar-refractivity contribution is 0.404. The molecule has 0 amide bonds. The molecule has 0 bridgehead atoms. The van der Waals surface area contributed by atoms with Gasteiger partial charge in [0.25, 0.3) is 0 Å². The van der Waals surface area contributed by atoms with Gasteiger partial charge in [0.1, 0.15) is 4.90 Å². The van der Waals surface area contributed by atoms with Gasteiger partial charge in [0, 0.05) is 12.0 Å². The molecule has 1 aromatic carbocycles. The summed E-state index contributed by atoms with van der Waals surface area (Å²) in [6.07, 6.45) is -0.525. The number of rotatable bonds is 5. The van der Waals surface area contributed by atoms with Crippen LogP contribution in [-0.2, 0) is 10.0 Å². The molecule has 0 aromatic heterocycles. The highest BCUT2D eigenvalue weighted by Gasteiger charge is 2.21. The molecule has 1 aliphatic rings. The monoisotopic (exact) mass is 319 g/mol. The zero-order valence-corrected chi connectivity index (χ0v) is 11.5. The van der Waals surface area contributed by atoms with Gasteiger partial charge in [-0.05, 0) is 18.2 Å². The summed E-state index contributed by atoms with van der Waals surface area (Å²) >= 11 is 5.94. The highest BCUT2D eigenvalue weighted by Crippen LogP contribution is 2.22. The van der Waals surface area contributed by atoms with E-state index in [4.69, 9.17) is 21.6 Å². The maximum Gasteiger partial charge on any atom is 0.467 e. The molecule has 12 heteroatoms. The molecule has 9 nitrogen and oxygen atoms in total. The minimum absolute atomic E-state index is 0.0150. The minimum atomic E-state index is -3.92. The maximum atomic E-state index is 11.9. The van der Waals surface area contributed by atoms with E-state index in [2.05, 4.69) is 21.6 Å². The number of hydrazone groups is 1. The Balaban J connectivity index is 2.25. The molecule has 0 atom stereocenters. The number of nitrogens with one attached hydrogen (secondary N) is 4. The van der Waals surface area contributed by atoms with Crippen LogP contribution in [0.1, 0.15) is 5.56 Å². The van der Waals surface area contributed by atoms with Crippen LogP contribution in [-0.4, -0.2) is 37.9 Å². The van der Waals surface area contributed by atoms with Crippen molar-refractivity contribution < 1.29 is 18.5 Å². The second kappa shape index (κ2) is 5.95. The third-order valence-electron chi connectivity index (χ3n) is 2.36. The summed E-state index contributed by atoms with van der Waals surface area (Å²) in [6.45, 7) is 0. The first-order valence-corrected chi connectivity index (χ1v) is 7.26. The van der Waals surface area contributed by atoms with E-state index in [1.54, 1.807) is 0 Å². The molecule has 1 aromatic rings. The number of benzene rings is 1. The van der Waals surface area contributed by atoms with Crippen LogP contribution in [0.3, 0.4) is 0 Å². The van der Waals surface area contributed by atoms with E-state index < -0.39 is 23.6 Å². The molecule has 20 heavy (non-hydrogen) atoms. The van der Waals surface area contributed by atoms with Gasteiger partial charge in [0.2, 0.25) is 10.0 Å². The lowest BCUT2D eigenvalue weighted by Gasteiger charge is -2.09. The van der Waals surface area contributed by atoms with E-state index in [0.717, 1.165) is 0 Å². The summed E-state index contributed by atoms with van der Waals surface area (Å²) in [6, 6.07) is 4.23. The van der Waals surface area contributed by atoms with E-state index in [9.17, 15) is 8.42 Å². The van der Waals surface area contributed by atoms with E-state index >= 15 is 0 Å². The zero-order chi connectivity index (χ0) is 14.8. The number of amidine groups is 1. The van der Waals surface area contributed by atoms with Crippen LogP contribution in [0.2, 0.25) is 5.02 Å². The molecule has 6 N–H and O–H groups in total. The fourth-order valence-corrected chi connectivity index (χ4v) is 3.04. The highest BCUT2D eigenvalue weighted by atomic mass is 35.5. The van der Waals surface area contributed by atoms with Gasteiger partial charge in [0.05, 0.1) is 5.02 Å². The van der Waals surface area contributed by atoms with Crippen LogP contribution >= 0.6 is 11.6 Å². The average molecular weight is 320 g/mol. The van der Waals surface area contributed by atoms with Crippen molar-refractivity contribution in [3.8, 4) is 0 Å². The van der Waals surface area contributed by atoms with E-state index in [0.29, 0.717) is 11.4 Å². The van der Waals surface area contributed by atoms with Crippen LogP contribution in [0.15, 0.2) is 28.2 Å². The van der Waals surface area contributed by atoms with Gasteiger partial charge >= 0.3 is 7.12 Å². The molecule has 108 valence electrons. The first kappa shape index (κ1) is 15.0. The van der Waals surface area contributed by atoms with Crippen LogP contribution in [0, 0.1) is 0 Å². The number of hydrogen-bond acceptors (Lipinski definition) is 8. The molecule has 0 saturated heterocycles. The molecule has 1 aliphatic heterocycles. The summed E-state index contributed by atoms with van der Waals surface area (Å²) in [5, 5.41) is 21.2. The topological polar surface area (TPSA) is 135 Å². The number of halogens is 1. The second-order valence-corrected chi connectivity index (χ2v) is 5.94. The van der Waals surface area contributed by atoms with Crippen LogP contribution in [0.4, 0.5) is 0 Å². The van der Waals surface area contributed by atoms with Gasteiger partial charge in [-0.15, -0.1) is 10.6 Å². The lowest BCUT2D eigenvalue weighted by Crippen LogP contribution is -2.35. The van der Waals surface area contributed by atoms with Crippen molar-refractivity contribution >= 4 is 34.6 Å². The van der Waals surface area contributed by atoms with Crippen molar-refractivity contribution in [2.24, 2.45) is 5.10 Å². The Kier molecular flexibility index (Phi) is 4.47. The Morgan fingerprint density at radius 2 is 2.15 bits per heavy atom. The summed E-state index contributed by atoms with van der Waals surface area (Å²) in [5.41, 5.74) is 8.28. The lowest BCUT2D eigenvalue weighted by atomic mass is 9.94. The Morgan fingerprint density at radius 3 is 2.70 bits per heavy atom. The summed E-state index contributed by atoms with van der Waals surface area (Å²) in [4.78, 5) is -0.164. The first-order valence-electron chi connectivity index (χ1n) is 5.39. The van der Waals surface area contributed by atoms with Crippen LogP contribution < -0.4 is 21.2 Å². The van der Waals surface area contributed by atoms with Crippen molar-refractivity contribution in [2.45, 2.75) is 4.90 Å². The van der Waals surface area contributed by atoms with Crippen molar-refractivity contribution in [3.63, 3.8) is 0 Å². The third kappa shape index (κ3) is 3.39. The predicted molar refractivity (Wildman–Crippen MR) is 72.8 cm³/mol. The van der Waals surface area contributed by atoms with Crippen LogP contribution in [0.5, 0.6) is 0 Å². The predicted octanol–water partition coefficient (Wildman–Crippen LogP) is -2.10. The molecular weight excluding hydrogens is 308 g/mol. The smallest absolute Gasteiger partial charge is 0.426 e. The molecule has 1 heterocycles. The van der Waals surface area contributed by atoms with Gasteiger partial charge in [-0.25, -0.2) is 18.7 Å².